The molecule has 1 spiro atoms. The molecule has 0 amide bonds. The summed E-state index contributed by atoms with van der Waals surface area (Å²) in [7, 11) is 0. The molecule has 4 N–H and O–H groups in total. The highest BCUT2D eigenvalue weighted by Crippen LogP contribution is 2.35. The number of rotatable bonds is 4. The zero-order valence-corrected chi connectivity index (χ0v) is 15.0. The number of anilines is 2. The zero-order chi connectivity index (χ0) is 17.7. The van der Waals surface area contributed by atoms with Crippen molar-refractivity contribution < 1.29 is 0 Å². The average Bonchev–Trinajstić information content (AvgIpc) is 2.62. The normalized spacial score (nSPS) is 21.0. The molecule has 5 heteroatoms. The molecular formula is C20H27N5. The van der Waals surface area contributed by atoms with Crippen molar-refractivity contribution in [3.05, 3.63) is 48.1 Å². The highest BCUT2D eigenvalue weighted by Gasteiger charge is 2.40. The van der Waals surface area contributed by atoms with Crippen molar-refractivity contribution in [3.63, 3.8) is 0 Å². The van der Waals surface area contributed by atoms with Gasteiger partial charge in [0.05, 0.1) is 23.5 Å². The number of allylic oxidation sites excluding steroid dienone is 3. The Morgan fingerprint density at radius 2 is 1.96 bits per heavy atom. The van der Waals surface area contributed by atoms with E-state index in [1.54, 1.807) is 0 Å². The second kappa shape index (κ2) is 7.66. The maximum Gasteiger partial charge on any atom is 0.127 e. The lowest BCUT2D eigenvalue weighted by Crippen LogP contribution is -2.57. The third kappa shape index (κ3) is 3.82. The van der Waals surface area contributed by atoms with Gasteiger partial charge < -0.3 is 21.4 Å². The summed E-state index contributed by atoms with van der Waals surface area (Å²) in [5.74, 6) is 0.986. The third-order valence-corrected chi connectivity index (χ3v) is 4.84. The van der Waals surface area contributed by atoms with E-state index in [1.165, 1.54) is 0 Å². The monoisotopic (exact) mass is 337 g/mol. The second-order valence-electron chi connectivity index (χ2n) is 6.64. The Bertz CT molecular complexity index is 723. The minimum Gasteiger partial charge on any atom is -0.371 e. The van der Waals surface area contributed by atoms with Gasteiger partial charge in [-0.3, -0.25) is 4.99 Å². The number of nitrogens with one attached hydrogen (secondary N) is 4. The maximum atomic E-state index is 7.98. The van der Waals surface area contributed by atoms with Gasteiger partial charge in [-0.2, -0.15) is 0 Å². The van der Waals surface area contributed by atoms with Gasteiger partial charge in [-0.15, -0.1) is 0 Å². The summed E-state index contributed by atoms with van der Waals surface area (Å²) in [6, 6.07) is 8.28. The van der Waals surface area contributed by atoms with Crippen molar-refractivity contribution in [3.8, 4) is 0 Å². The van der Waals surface area contributed by atoms with E-state index < -0.39 is 0 Å². The van der Waals surface area contributed by atoms with E-state index in [4.69, 9.17) is 10.4 Å². The summed E-state index contributed by atoms with van der Waals surface area (Å²) in [6.45, 7) is 6.26. The van der Waals surface area contributed by atoms with Crippen molar-refractivity contribution in [2.24, 2.45) is 4.99 Å². The Morgan fingerprint density at radius 3 is 2.64 bits per heavy atom. The van der Waals surface area contributed by atoms with Crippen LogP contribution in [0, 0.1) is 5.41 Å². The predicted molar refractivity (Wildman–Crippen MR) is 107 cm³/mol. The Labute approximate surface area is 149 Å². The Balaban J connectivity index is 1.92. The minimum absolute atomic E-state index is 0.152. The van der Waals surface area contributed by atoms with Gasteiger partial charge in [0.25, 0.3) is 0 Å². The molecule has 0 radical (unpaired) electrons. The van der Waals surface area contributed by atoms with E-state index >= 15 is 0 Å². The molecule has 25 heavy (non-hydrogen) atoms. The van der Waals surface area contributed by atoms with E-state index in [1.807, 2.05) is 38.1 Å². The number of fused-ring (bicyclic) bond motifs is 1. The lowest BCUT2D eigenvalue weighted by Gasteiger charge is -2.44. The summed E-state index contributed by atoms with van der Waals surface area (Å²) in [5.41, 5.74) is 3.55. The molecule has 0 atom stereocenters. The van der Waals surface area contributed by atoms with E-state index in [0.29, 0.717) is 12.3 Å². The van der Waals surface area contributed by atoms with Crippen molar-refractivity contribution in [1.82, 2.24) is 5.32 Å². The van der Waals surface area contributed by atoms with Crippen LogP contribution in [-0.4, -0.2) is 36.7 Å². The molecule has 2 aliphatic heterocycles. The lowest BCUT2D eigenvalue weighted by atomic mass is 9.84. The topological polar surface area (TPSA) is 72.3 Å². The Kier molecular flexibility index (Phi) is 5.34. The molecule has 1 fully saturated rings. The number of aliphatic imine (C=N–C) groups is 1. The van der Waals surface area contributed by atoms with Gasteiger partial charge >= 0.3 is 0 Å². The van der Waals surface area contributed by atoms with Crippen molar-refractivity contribution in [1.29, 1.82) is 5.41 Å². The molecule has 1 aromatic rings. The first-order valence-corrected chi connectivity index (χ1v) is 8.92. The molecule has 5 nitrogen and oxygen atoms in total. The highest BCUT2D eigenvalue weighted by molar-refractivity contribution is 6.10. The lowest BCUT2D eigenvalue weighted by molar-refractivity contribution is 0.419. The summed E-state index contributed by atoms with van der Waals surface area (Å²) in [6.07, 6.45) is 7.90. The summed E-state index contributed by atoms with van der Waals surface area (Å²) < 4.78 is 0. The predicted octanol–water partition coefficient (Wildman–Crippen LogP) is 3.59. The molecular weight excluding hydrogens is 310 g/mol. The van der Waals surface area contributed by atoms with Crippen molar-refractivity contribution in [2.75, 3.05) is 30.3 Å². The number of hydrogen-bond acceptors (Lipinski definition) is 4. The van der Waals surface area contributed by atoms with Crippen LogP contribution < -0.4 is 16.0 Å². The molecule has 0 aromatic heterocycles. The van der Waals surface area contributed by atoms with Crippen LogP contribution in [0.1, 0.15) is 26.7 Å². The fourth-order valence-electron chi connectivity index (χ4n) is 3.34. The minimum atomic E-state index is -0.152. The Morgan fingerprint density at radius 1 is 1.24 bits per heavy atom. The standard InChI is InChI=1S/C20H27N5/c1-3-4-7-16(15(2)21)14-23-19-20(10-12-22-13-11-20)25-18-9-6-5-8-17(18)24-19/h3-9,21-22,25H,10-14H2,1-2H3,(H,23,24)/b4-3?,16-7-,21-15?. The number of nitrogens with zero attached hydrogens (tertiary/aromatic N) is 1. The quantitative estimate of drug-likeness (QED) is 0.501. The summed E-state index contributed by atoms with van der Waals surface area (Å²) in [4.78, 5) is 4.91. The van der Waals surface area contributed by atoms with Crippen LogP contribution in [0.15, 0.2) is 53.1 Å². The zero-order valence-electron chi connectivity index (χ0n) is 15.0. The van der Waals surface area contributed by atoms with E-state index in [-0.39, 0.29) is 5.54 Å². The molecule has 0 aliphatic carbocycles. The average molecular weight is 337 g/mol. The molecule has 2 heterocycles. The van der Waals surface area contributed by atoms with Crippen molar-refractivity contribution >= 4 is 22.9 Å². The summed E-state index contributed by atoms with van der Waals surface area (Å²) in [5, 5.41) is 18.7. The first-order chi connectivity index (χ1) is 12.1. The van der Waals surface area contributed by atoms with Crippen LogP contribution in [0.25, 0.3) is 0 Å². The molecule has 3 rings (SSSR count). The van der Waals surface area contributed by atoms with Gasteiger partial charge in [0.1, 0.15) is 5.84 Å². The van der Waals surface area contributed by atoms with Crippen LogP contribution in [0.2, 0.25) is 0 Å². The van der Waals surface area contributed by atoms with E-state index in [0.717, 1.165) is 48.7 Å². The highest BCUT2D eigenvalue weighted by atomic mass is 15.2. The smallest absolute Gasteiger partial charge is 0.127 e. The van der Waals surface area contributed by atoms with Crippen LogP contribution >= 0.6 is 0 Å². The first kappa shape index (κ1) is 17.4. The van der Waals surface area contributed by atoms with Crippen LogP contribution in [0.4, 0.5) is 11.4 Å². The number of amidine groups is 1. The molecule has 1 aromatic carbocycles. The van der Waals surface area contributed by atoms with Crippen LogP contribution in [0.5, 0.6) is 0 Å². The molecule has 0 bridgehead atoms. The van der Waals surface area contributed by atoms with Gasteiger partial charge in [-0.05, 0) is 57.5 Å². The van der Waals surface area contributed by atoms with E-state index in [2.05, 4.69) is 34.1 Å². The maximum absolute atomic E-state index is 7.98. The van der Waals surface area contributed by atoms with Gasteiger partial charge in [0, 0.05) is 5.71 Å². The number of para-hydroxylation sites is 2. The molecule has 0 saturated carbocycles. The van der Waals surface area contributed by atoms with Gasteiger partial charge in [-0.25, -0.2) is 0 Å². The second-order valence-corrected chi connectivity index (χ2v) is 6.64. The largest absolute Gasteiger partial charge is 0.371 e. The number of benzene rings is 1. The third-order valence-electron chi connectivity index (χ3n) is 4.84. The molecule has 2 aliphatic rings. The van der Waals surface area contributed by atoms with E-state index in [9.17, 15) is 0 Å². The van der Waals surface area contributed by atoms with Gasteiger partial charge in [0.15, 0.2) is 0 Å². The van der Waals surface area contributed by atoms with Gasteiger partial charge in [0.2, 0.25) is 0 Å². The van der Waals surface area contributed by atoms with Crippen molar-refractivity contribution in [2.45, 2.75) is 32.2 Å². The fraction of sp³-hybridized carbons (Fsp3) is 0.400. The van der Waals surface area contributed by atoms with Crippen LogP contribution in [-0.2, 0) is 0 Å². The summed E-state index contributed by atoms with van der Waals surface area (Å²) >= 11 is 0. The number of piperidine rings is 1. The molecule has 0 unspecified atom stereocenters. The number of hydrogen-bond donors (Lipinski definition) is 4. The first-order valence-electron chi connectivity index (χ1n) is 8.92. The SMILES string of the molecule is CC=C/C=C(/CN=C1Nc2ccccc2NC12CCNCC2)C(C)=N. The fourth-order valence-corrected chi connectivity index (χ4v) is 3.34. The Hall–Kier alpha value is -2.40. The molecule has 1 saturated heterocycles. The van der Waals surface area contributed by atoms with Gasteiger partial charge in [-0.1, -0.05) is 30.4 Å². The molecule has 132 valence electrons. The van der Waals surface area contributed by atoms with Crippen LogP contribution in [0.3, 0.4) is 0 Å².